The van der Waals surface area contributed by atoms with Crippen LogP contribution in [0.3, 0.4) is 0 Å². The molecule has 0 bridgehead atoms. The molecule has 5 nitrogen and oxygen atoms in total. The molecule has 1 heterocycles. The summed E-state index contributed by atoms with van der Waals surface area (Å²) in [4.78, 5) is 0. The summed E-state index contributed by atoms with van der Waals surface area (Å²) >= 11 is 0. The average Bonchev–Trinajstić information content (AvgIpc) is 2.95. The van der Waals surface area contributed by atoms with Crippen molar-refractivity contribution in [2.24, 2.45) is 0 Å². The first-order valence-electron chi connectivity index (χ1n) is 7.19. The Balaban J connectivity index is 1.72. The molecule has 3 rings (SSSR count). The minimum absolute atomic E-state index is 0.0475. The lowest BCUT2D eigenvalue weighted by Crippen LogP contribution is -2.14. The van der Waals surface area contributed by atoms with Crippen LogP contribution in [-0.4, -0.2) is 18.6 Å². The van der Waals surface area contributed by atoms with Crippen LogP contribution < -0.4 is 4.72 Å². The van der Waals surface area contributed by atoms with E-state index in [9.17, 15) is 8.42 Å². The number of H-pyrrole nitrogens is 1. The van der Waals surface area contributed by atoms with Crippen LogP contribution in [0.1, 0.15) is 11.3 Å². The Hall–Kier alpha value is -2.60. The maximum atomic E-state index is 12.2. The zero-order chi connectivity index (χ0) is 16.3. The van der Waals surface area contributed by atoms with Crippen molar-refractivity contribution in [3.63, 3.8) is 0 Å². The van der Waals surface area contributed by atoms with E-state index in [0.29, 0.717) is 5.69 Å². The van der Waals surface area contributed by atoms with Gasteiger partial charge >= 0.3 is 0 Å². The van der Waals surface area contributed by atoms with E-state index in [4.69, 9.17) is 0 Å². The van der Waals surface area contributed by atoms with Gasteiger partial charge in [0.2, 0.25) is 10.0 Å². The van der Waals surface area contributed by atoms with Crippen LogP contribution in [0.25, 0.3) is 11.3 Å². The van der Waals surface area contributed by atoms with E-state index < -0.39 is 10.0 Å². The molecular weight excluding hydrogens is 310 g/mol. The maximum absolute atomic E-state index is 12.2. The highest BCUT2D eigenvalue weighted by atomic mass is 32.2. The van der Waals surface area contributed by atoms with E-state index in [1.54, 1.807) is 24.3 Å². The molecule has 23 heavy (non-hydrogen) atoms. The molecule has 118 valence electrons. The van der Waals surface area contributed by atoms with E-state index in [1.165, 1.54) is 0 Å². The minimum atomic E-state index is -3.43. The second-order valence-corrected chi connectivity index (χ2v) is 7.08. The molecule has 0 aliphatic rings. The van der Waals surface area contributed by atoms with Crippen molar-refractivity contribution in [3.05, 3.63) is 71.9 Å². The molecule has 2 aromatic carbocycles. The quantitative estimate of drug-likeness (QED) is 0.755. The van der Waals surface area contributed by atoms with E-state index in [0.717, 1.165) is 22.5 Å². The van der Waals surface area contributed by atoms with Gasteiger partial charge < -0.3 is 0 Å². The topological polar surface area (TPSA) is 74.8 Å². The summed E-state index contributed by atoms with van der Waals surface area (Å²) in [5, 5.41) is 7.07. The number of aromatic amines is 1. The lowest BCUT2D eigenvalue weighted by Gasteiger charge is -2.08. The number of benzene rings is 2. The fourth-order valence-corrected chi connectivity index (χ4v) is 3.48. The first-order valence-corrected chi connectivity index (χ1v) is 8.84. The van der Waals surface area contributed by atoms with Gasteiger partial charge in [-0.25, -0.2) is 8.42 Å². The molecule has 0 spiro atoms. The van der Waals surface area contributed by atoms with Crippen LogP contribution in [0, 0.1) is 6.92 Å². The van der Waals surface area contributed by atoms with Crippen LogP contribution in [0.5, 0.6) is 0 Å². The number of sulfonamides is 1. The summed E-state index contributed by atoms with van der Waals surface area (Å²) in [5.74, 6) is -0.0475. The molecule has 0 aliphatic heterocycles. The van der Waals surface area contributed by atoms with Crippen LogP contribution in [0.4, 0.5) is 5.69 Å². The predicted octanol–water partition coefficient (Wildman–Crippen LogP) is 3.33. The first kappa shape index (κ1) is 15.3. The Morgan fingerprint density at radius 2 is 1.74 bits per heavy atom. The van der Waals surface area contributed by atoms with Crippen molar-refractivity contribution >= 4 is 15.7 Å². The van der Waals surface area contributed by atoms with E-state index >= 15 is 0 Å². The van der Waals surface area contributed by atoms with Crippen molar-refractivity contribution < 1.29 is 8.42 Å². The molecule has 0 saturated heterocycles. The first-order chi connectivity index (χ1) is 11.0. The average molecular weight is 327 g/mol. The number of hydrogen-bond acceptors (Lipinski definition) is 3. The van der Waals surface area contributed by atoms with Gasteiger partial charge in [0.25, 0.3) is 0 Å². The van der Waals surface area contributed by atoms with E-state index in [2.05, 4.69) is 14.9 Å². The van der Waals surface area contributed by atoms with Gasteiger partial charge in [0.1, 0.15) is 0 Å². The van der Waals surface area contributed by atoms with Gasteiger partial charge in [0.05, 0.1) is 11.4 Å². The lowest BCUT2D eigenvalue weighted by molar-refractivity contribution is 0.600. The largest absolute Gasteiger partial charge is 0.283 e. The molecule has 3 aromatic rings. The van der Waals surface area contributed by atoms with Crippen molar-refractivity contribution in [3.8, 4) is 11.3 Å². The smallest absolute Gasteiger partial charge is 0.236 e. The Bertz CT molecular complexity index is 885. The zero-order valence-corrected chi connectivity index (χ0v) is 13.5. The lowest BCUT2D eigenvalue weighted by atomic mass is 10.1. The Morgan fingerprint density at radius 1 is 1.04 bits per heavy atom. The summed E-state index contributed by atoms with van der Waals surface area (Å²) in [6, 6.07) is 18.2. The number of rotatable bonds is 5. The van der Waals surface area contributed by atoms with Gasteiger partial charge in [-0.3, -0.25) is 9.82 Å². The monoisotopic (exact) mass is 327 g/mol. The summed E-state index contributed by atoms with van der Waals surface area (Å²) in [6.07, 6.45) is 0. The number of hydrogen-bond donors (Lipinski definition) is 2. The number of aryl methyl sites for hydroxylation is 1. The molecule has 1 aromatic heterocycles. The third kappa shape index (κ3) is 3.98. The van der Waals surface area contributed by atoms with Crippen LogP contribution >= 0.6 is 0 Å². The highest BCUT2D eigenvalue weighted by Gasteiger charge is 2.11. The molecule has 0 radical (unpaired) electrons. The molecule has 0 fully saturated rings. The van der Waals surface area contributed by atoms with Gasteiger partial charge in [-0.2, -0.15) is 5.10 Å². The highest BCUT2D eigenvalue weighted by molar-refractivity contribution is 7.91. The summed E-state index contributed by atoms with van der Waals surface area (Å²) in [5.41, 5.74) is 4.04. The Labute approximate surface area is 135 Å². The van der Waals surface area contributed by atoms with Crippen LogP contribution in [0.15, 0.2) is 60.7 Å². The molecule has 0 amide bonds. The van der Waals surface area contributed by atoms with Crippen molar-refractivity contribution in [2.75, 3.05) is 4.72 Å². The van der Waals surface area contributed by atoms with Crippen molar-refractivity contribution in [1.82, 2.24) is 10.2 Å². The molecule has 0 atom stereocenters. The second-order valence-electron chi connectivity index (χ2n) is 5.36. The minimum Gasteiger partial charge on any atom is -0.283 e. The molecule has 2 N–H and O–H groups in total. The predicted molar refractivity (Wildman–Crippen MR) is 91.4 cm³/mol. The number of nitrogens with zero attached hydrogens (tertiary/aromatic N) is 1. The van der Waals surface area contributed by atoms with Crippen LogP contribution in [0.2, 0.25) is 0 Å². The third-order valence-electron chi connectivity index (χ3n) is 3.36. The molecule has 6 heteroatoms. The van der Waals surface area contributed by atoms with Gasteiger partial charge in [-0.15, -0.1) is 0 Å². The van der Waals surface area contributed by atoms with Gasteiger partial charge in [0, 0.05) is 16.9 Å². The third-order valence-corrected chi connectivity index (χ3v) is 4.62. The number of anilines is 1. The molecule has 0 unspecified atom stereocenters. The standard InChI is InChI=1S/C17H17N3O2S/c1-13-11-17(19-18-13)15-7-9-16(10-8-15)20-23(21,22)12-14-5-3-2-4-6-14/h2-11,20H,12H2,1H3,(H,18,19). The van der Waals surface area contributed by atoms with Gasteiger partial charge in [0.15, 0.2) is 0 Å². The summed E-state index contributed by atoms with van der Waals surface area (Å²) < 4.78 is 27.0. The van der Waals surface area contributed by atoms with Crippen LogP contribution in [-0.2, 0) is 15.8 Å². The highest BCUT2D eigenvalue weighted by Crippen LogP contribution is 2.21. The maximum Gasteiger partial charge on any atom is 0.236 e. The van der Waals surface area contributed by atoms with Crippen molar-refractivity contribution in [1.29, 1.82) is 0 Å². The SMILES string of the molecule is Cc1cc(-c2ccc(NS(=O)(=O)Cc3ccccc3)cc2)n[nH]1. The summed E-state index contributed by atoms with van der Waals surface area (Å²) in [6.45, 7) is 1.93. The molecule has 0 saturated carbocycles. The second kappa shape index (κ2) is 6.26. The molecule has 0 aliphatic carbocycles. The Morgan fingerprint density at radius 3 is 2.35 bits per heavy atom. The van der Waals surface area contributed by atoms with E-state index in [-0.39, 0.29) is 5.75 Å². The Kier molecular flexibility index (Phi) is 4.16. The van der Waals surface area contributed by atoms with E-state index in [1.807, 2.05) is 43.3 Å². The van der Waals surface area contributed by atoms with Gasteiger partial charge in [-0.05, 0) is 30.7 Å². The zero-order valence-electron chi connectivity index (χ0n) is 12.7. The fraction of sp³-hybridized carbons (Fsp3) is 0.118. The van der Waals surface area contributed by atoms with Gasteiger partial charge in [-0.1, -0.05) is 42.5 Å². The normalized spacial score (nSPS) is 11.3. The summed E-state index contributed by atoms with van der Waals surface area (Å²) in [7, 11) is -3.43. The number of aromatic nitrogens is 2. The molecular formula is C17H17N3O2S. The number of nitrogens with one attached hydrogen (secondary N) is 2. The van der Waals surface area contributed by atoms with Crippen molar-refractivity contribution in [2.45, 2.75) is 12.7 Å². The fourth-order valence-electron chi connectivity index (χ4n) is 2.28.